The minimum atomic E-state index is -3.60. The first-order valence-corrected chi connectivity index (χ1v) is 16.0. The number of nitrogens with zero attached hydrogens (tertiary/aromatic N) is 1. The summed E-state index contributed by atoms with van der Waals surface area (Å²) in [7, 11) is -3.60. The molecule has 3 aromatic carbocycles. The van der Waals surface area contributed by atoms with E-state index in [0.717, 1.165) is 60.3 Å². The van der Waals surface area contributed by atoms with Crippen molar-refractivity contribution in [1.82, 2.24) is 14.6 Å². The topological polar surface area (TPSA) is 89.4 Å². The Kier molecular flexibility index (Phi) is 8.76. The number of carbonyl (C=O) groups excluding carboxylic acids is 1. The predicted octanol–water partition coefficient (Wildman–Crippen LogP) is 5.97. The van der Waals surface area contributed by atoms with Crippen LogP contribution in [0.5, 0.6) is 5.75 Å². The molecule has 2 N–H and O–H groups in total. The van der Waals surface area contributed by atoms with E-state index < -0.39 is 10.0 Å². The molecule has 0 saturated heterocycles. The largest absolute Gasteiger partial charge is 0.492 e. The molecule has 1 aromatic heterocycles. The zero-order valence-corrected chi connectivity index (χ0v) is 24.3. The van der Waals surface area contributed by atoms with Crippen LogP contribution in [-0.2, 0) is 29.4 Å². The van der Waals surface area contributed by atoms with Gasteiger partial charge in [-0.3, -0.25) is 4.79 Å². The summed E-state index contributed by atoms with van der Waals surface area (Å²) in [6, 6.07) is 16.8. The van der Waals surface area contributed by atoms with Gasteiger partial charge in [0.25, 0.3) is 5.91 Å². The predicted molar refractivity (Wildman–Crippen MR) is 161 cm³/mol. The molecule has 0 aliphatic heterocycles. The first kappa shape index (κ1) is 28.2. The van der Waals surface area contributed by atoms with Crippen LogP contribution in [0.1, 0.15) is 67.6 Å². The van der Waals surface area contributed by atoms with Crippen molar-refractivity contribution in [1.29, 1.82) is 0 Å². The zero-order valence-electron chi connectivity index (χ0n) is 23.5. The van der Waals surface area contributed by atoms with E-state index in [4.69, 9.17) is 4.74 Å². The molecule has 0 spiro atoms. The van der Waals surface area contributed by atoms with Gasteiger partial charge >= 0.3 is 0 Å². The average molecular weight is 562 g/mol. The fourth-order valence-corrected chi connectivity index (χ4v) is 7.26. The van der Waals surface area contributed by atoms with Crippen molar-refractivity contribution in [3.8, 4) is 5.75 Å². The molecule has 0 unspecified atom stereocenters. The molecule has 40 heavy (non-hydrogen) atoms. The van der Waals surface area contributed by atoms with Crippen molar-refractivity contribution < 1.29 is 17.9 Å². The highest BCUT2D eigenvalue weighted by Crippen LogP contribution is 2.39. The van der Waals surface area contributed by atoms with Crippen LogP contribution in [0.15, 0.2) is 59.5 Å². The van der Waals surface area contributed by atoms with Crippen molar-refractivity contribution in [3.05, 3.63) is 71.4 Å². The van der Waals surface area contributed by atoms with Crippen LogP contribution < -0.4 is 14.8 Å². The molecule has 4 aromatic rings. The molecule has 0 atom stereocenters. The van der Waals surface area contributed by atoms with Gasteiger partial charge in [0.2, 0.25) is 10.0 Å². The molecule has 1 amide bonds. The van der Waals surface area contributed by atoms with Gasteiger partial charge in [0.05, 0.1) is 22.6 Å². The van der Waals surface area contributed by atoms with Crippen LogP contribution in [0.2, 0.25) is 0 Å². The summed E-state index contributed by atoms with van der Waals surface area (Å²) < 4.78 is 37.0. The summed E-state index contributed by atoms with van der Waals surface area (Å²) in [5.74, 6) is 0.571. The SMILES string of the molecule is CCOc1c(C(=O)NCCCCCNS(=O)(=O)c2cccc3ccccc23)ccc2c1c1c(n2CC)CCCC1. The number of ether oxygens (including phenoxy) is 1. The van der Waals surface area contributed by atoms with E-state index in [0.29, 0.717) is 42.3 Å². The first-order chi connectivity index (χ1) is 19.5. The smallest absolute Gasteiger partial charge is 0.255 e. The number of nitrogens with one attached hydrogen (secondary N) is 2. The molecule has 0 fully saturated rings. The molecule has 0 bridgehead atoms. The second-order valence-electron chi connectivity index (χ2n) is 10.3. The van der Waals surface area contributed by atoms with Crippen molar-refractivity contribution in [3.63, 3.8) is 0 Å². The Labute approximate surface area is 237 Å². The number of aromatic nitrogens is 1. The van der Waals surface area contributed by atoms with Crippen LogP contribution >= 0.6 is 0 Å². The normalized spacial score (nSPS) is 13.4. The highest BCUT2D eigenvalue weighted by Gasteiger charge is 2.25. The summed E-state index contributed by atoms with van der Waals surface area (Å²) in [6.45, 7) is 6.40. The van der Waals surface area contributed by atoms with E-state index in [2.05, 4.69) is 27.6 Å². The number of amides is 1. The summed E-state index contributed by atoms with van der Waals surface area (Å²) in [5, 5.41) is 5.77. The number of aryl methyl sites for hydroxylation is 2. The van der Waals surface area contributed by atoms with Gasteiger partial charge in [-0.2, -0.15) is 0 Å². The molecule has 1 heterocycles. The molecule has 1 aliphatic rings. The molecule has 0 radical (unpaired) electrons. The number of benzene rings is 3. The van der Waals surface area contributed by atoms with Gasteiger partial charge in [-0.15, -0.1) is 0 Å². The number of hydrogen-bond donors (Lipinski definition) is 2. The summed E-state index contributed by atoms with van der Waals surface area (Å²) >= 11 is 0. The Morgan fingerprint density at radius 1 is 0.925 bits per heavy atom. The molecule has 5 rings (SSSR count). The van der Waals surface area contributed by atoms with Crippen molar-refractivity contribution in [2.75, 3.05) is 19.7 Å². The lowest BCUT2D eigenvalue weighted by Gasteiger charge is -2.15. The number of unbranched alkanes of at least 4 members (excludes halogenated alkanes) is 2. The Morgan fingerprint density at radius 2 is 1.70 bits per heavy atom. The monoisotopic (exact) mass is 561 g/mol. The Bertz CT molecular complexity index is 1620. The maximum absolute atomic E-state index is 13.2. The Morgan fingerprint density at radius 3 is 2.52 bits per heavy atom. The molecule has 7 nitrogen and oxygen atoms in total. The van der Waals surface area contributed by atoms with Gasteiger partial charge in [-0.1, -0.05) is 42.8 Å². The number of carbonyl (C=O) groups is 1. The average Bonchev–Trinajstić information content (AvgIpc) is 3.30. The fourth-order valence-electron chi connectivity index (χ4n) is 5.96. The summed E-state index contributed by atoms with van der Waals surface area (Å²) in [4.78, 5) is 13.5. The van der Waals surface area contributed by atoms with Gasteiger partial charge in [0.15, 0.2) is 0 Å². The van der Waals surface area contributed by atoms with E-state index in [1.807, 2.05) is 43.3 Å². The number of sulfonamides is 1. The number of fused-ring (bicyclic) bond motifs is 4. The van der Waals surface area contributed by atoms with Crippen LogP contribution in [0.3, 0.4) is 0 Å². The summed E-state index contributed by atoms with van der Waals surface area (Å²) in [5.41, 5.74) is 4.46. The highest BCUT2D eigenvalue weighted by atomic mass is 32.2. The maximum Gasteiger partial charge on any atom is 0.255 e. The van der Waals surface area contributed by atoms with Crippen molar-refractivity contribution in [2.45, 2.75) is 70.2 Å². The molecule has 1 aliphatic carbocycles. The molecule has 8 heteroatoms. The highest BCUT2D eigenvalue weighted by molar-refractivity contribution is 7.89. The second kappa shape index (κ2) is 12.4. The van der Waals surface area contributed by atoms with Gasteiger partial charge < -0.3 is 14.6 Å². The van der Waals surface area contributed by atoms with E-state index in [-0.39, 0.29) is 5.91 Å². The van der Waals surface area contributed by atoms with Gasteiger partial charge in [0.1, 0.15) is 5.75 Å². The third kappa shape index (κ3) is 5.60. The number of rotatable bonds is 12. The van der Waals surface area contributed by atoms with Crippen LogP contribution in [0, 0.1) is 0 Å². The minimum absolute atomic E-state index is 0.129. The van der Waals surface area contributed by atoms with E-state index in [9.17, 15) is 13.2 Å². The van der Waals surface area contributed by atoms with Gasteiger partial charge in [-0.25, -0.2) is 13.1 Å². The molecule has 212 valence electrons. The van der Waals surface area contributed by atoms with Gasteiger partial charge in [-0.05, 0) is 81.5 Å². The van der Waals surface area contributed by atoms with Crippen LogP contribution in [-0.4, -0.2) is 38.6 Å². The van der Waals surface area contributed by atoms with E-state index in [1.54, 1.807) is 12.1 Å². The quantitative estimate of drug-likeness (QED) is 0.209. The van der Waals surface area contributed by atoms with Crippen molar-refractivity contribution >= 4 is 37.6 Å². The van der Waals surface area contributed by atoms with E-state index >= 15 is 0 Å². The van der Waals surface area contributed by atoms with E-state index in [1.165, 1.54) is 17.7 Å². The standard InChI is InChI=1S/C32H39N3O4S/c1-3-35-27-17-9-8-16-25(27)30-28(35)20-19-26(31(30)39-4-2)32(36)33-21-10-5-11-22-34-40(37,38)29-18-12-14-23-13-6-7-15-24(23)29/h6-7,12-15,18-20,34H,3-5,8-11,16-17,21-22H2,1-2H3,(H,33,36). The maximum atomic E-state index is 13.2. The lowest BCUT2D eigenvalue weighted by molar-refractivity contribution is 0.0949. The second-order valence-corrected chi connectivity index (χ2v) is 12.1. The molecular formula is C32H39N3O4S. The number of hydrogen-bond acceptors (Lipinski definition) is 4. The lowest BCUT2D eigenvalue weighted by Crippen LogP contribution is -2.26. The Balaban J connectivity index is 1.17. The fraction of sp³-hybridized carbons (Fsp3) is 0.406. The zero-order chi connectivity index (χ0) is 28.1. The summed E-state index contributed by atoms with van der Waals surface area (Å²) in [6.07, 6.45) is 6.70. The first-order valence-electron chi connectivity index (χ1n) is 14.5. The lowest BCUT2D eigenvalue weighted by atomic mass is 9.94. The molecule has 0 saturated carbocycles. The third-order valence-corrected chi connectivity index (χ3v) is 9.33. The van der Waals surface area contributed by atoms with Gasteiger partial charge in [0, 0.05) is 36.1 Å². The third-order valence-electron chi connectivity index (χ3n) is 7.81. The van der Waals surface area contributed by atoms with Crippen LogP contribution in [0.4, 0.5) is 0 Å². The van der Waals surface area contributed by atoms with Crippen molar-refractivity contribution in [2.24, 2.45) is 0 Å². The molecular weight excluding hydrogens is 522 g/mol. The minimum Gasteiger partial charge on any atom is -0.492 e. The van der Waals surface area contributed by atoms with Crippen LogP contribution in [0.25, 0.3) is 21.7 Å². The Hall–Kier alpha value is -3.36.